The molecule has 0 radical (unpaired) electrons. The van der Waals surface area contributed by atoms with Gasteiger partial charge in [-0.15, -0.1) is 0 Å². The van der Waals surface area contributed by atoms with Crippen molar-refractivity contribution in [2.45, 2.75) is 47.5 Å². The Kier molecular flexibility index (Phi) is 10.1. The van der Waals surface area contributed by atoms with Crippen LogP contribution in [0.25, 0.3) is 0 Å². The van der Waals surface area contributed by atoms with Crippen LogP contribution in [0, 0.1) is 11.3 Å². The predicted octanol–water partition coefficient (Wildman–Crippen LogP) is 2.41. The number of hydrogen-bond donors (Lipinski definition) is 2. The second-order valence-electron chi connectivity index (χ2n) is 5.01. The molecule has 0 aromatic heterocycles. The lowest BCUT2D eigenvalue weighted by molar-refractivity contribution is 0.225. The molecule has 0 bridgehead atoms. The van der Waals surface area contributed by atoms with Crippen LogP contribution in [0.3, 0.4) is 0 Å². The van der Waals surface area contributed by atoms with Gasteiger partial charge >= 0.3 is 0 Å². The van der Waals surface area contributed by atoms with Gasteiger partial charge in [-0.05, 0) is 30.7 Å². The second kappa shape index (κ2) is 8.52. The number of hydrogen-bond acceptors (Lipinski definition) is 2. The molecule has 0 unspecified atom stereocenters. The van der Waals surface area contributed by atoms with Crippen LogP contribution >= 0.6 is 0 Å². The van der Waals surface area contributed by atoms with Crippen molar-refractivity contribution >= 4 is 0 Å². The molecule has 0 saturated heterocycles. The van der Waals surface area contributed by atoms with Gasteiger partial charge in [0.15, 0.2) is 0 Å². The zero-order valence-electron chi connectivity index (χ0n) is 9.93. The lowest BCUT2D eigenvalue weighted by atomic mass is 9.93. The lowest BCUT2D eigenvalue weighted by Gasteiger charge is -2.14. The van der Waals surface area contributed by atoms with Gasteiger partial charge in [0.1, 0.15) is 0 Å². The fourth-order valence-corrected chi connectivity index (χ4v) is 0.669. The first-order valence-corrected chi connectivity index (χ1v) is 5.14. The van der Waals surface area contributed by atoms with Gasteiger partial charge in [-0.1, -0.05) is 34.6 Å². The summed E-state index contributed by atoms with van der Waals surface area (Å²) in [5, 5.41) is 8.40. The van der Waals surface area contributed by atoms with Gasteiger partial charge in [-0.3, -0.25) is 0 Å². The van der Waals surface area contributed by atoms with Crippen LogP contribution in [0.2, 0.25) is 0 Å². The Bertz CT molecular complexity index is 94.8. The maximum absolute atomic E-state index is 8.40. The van der Waals surface area contributed by atoms with Gasteiger partial charge in [-0.2, -0.15) is 0 Å². The number of rotatable bonds is 3. The average molecular weight is 189 g/mol. The summed E-state index contributed by atoms with van der Waals surface area (Å²) in [5.41, 5.74) is 5.53. The van der Waals surface area contributed by atoms with Crippen molar-refractivity contribution in [1.29, 1.82) is 0 Å². The Morgan fingerprint density at radius 3 is 1.69 bits per heavy atom. The third-order valence-electron chi connectivity index (χ3n) is 1.61. The molecular weight excluding hydrogens is 162 g/mol. The summed E-state index contributed by atoms with van der Waals surface area (Å²) in [6, 6.07) is 0. The second-order valence-corrected chi connectivity index (χ2v) is 5.01. The summed E-state index contributed by atoms with van der Waals surface area (Å²) in [5.74, 6) is 0.773. The molecule has 13 heavy (non-hydrogen) atoms. The molecule has 0 rings (SSSR count). The monoisotopic (exact) mass is 189 g/mol. The molecule has 0 aromatic rings. The van der Waals surface area contributed by atoms with Crippen LogP contribution in [0.4, 0.5) is 0 Å². The Balaban J connectivity index is 0. The topological polar surface area (TPSA) is 46.2 Å². The molecule has 0 spiro atoms. The van der Waals surface area contributed by atoms with Crippen molar-refractivity contribution < 1.29 is 5.11 Å². The first-order chi connectivity index (χ1) is 5.83. The van der Waals surface area contributed by atoms with Gasteiger partial charge in [0.2, 0.25) is 0 Å². The highest BCUT2D eigenvalue weighted by molar-refractivity contribution is 4.58. The third kappa shape index (κ3) is 24.5. The van der Waals surface area contributed by atoms with Gasteiger partial charge in [0.25, 0.3) is 0 Å². The number of aliphatic hydroxyl groups excluding tert-OH is 1. The smallest absolute Gasteiger partial charge is 0.0436 e. The molecule has 0 aliphatic rings. The molecule has 2 heteroatoms. The molecule has 3 N–H and O–H groups in total. The van der Waals surface area contributed by atoms with Gasteiger partial charge in [0, 0.05) is 6.61 Å². The molecule has 2 nitrogen and oxygen atoms in total. The highest BCUT2D eigenvalue weighted by Crippen LogP contribution is 2.16. The van der Waals surface area contributed by atoms with Crippen LogP contribution in [0.1, 0.15) is 47.5 Å². The molecule has 0 heterocycles. The van der Waals surface area contributed by atoms with E-state index in [2.05, 4.69) is 34.6 Å². The van der Waals surface area contributed by atoms with E-state index in [0.29, 0.717) is 12.0 Å². The minimum Gasteiger partial charge on any atom is -0.396 e. The molecule has 0 amide bonds. The lowest BCUT2D eigenvalue weighted by Crippen LogP contribution is -2.06. The largest absolute Gasteiger partial charge is 0.396 e. The van der Waals surface area contributed by atoms with Crippen LogP contribution in [0.15, 0.2) is 0 Å². The summed E-state index contributed by atoms with van der Waals surface area (Å²) in [7, 11) is 0. The Hall–Kier alpha value is -0.0800. The quantitative estimate of drug-likeness (QED) is 0.716. The maximum atomic E-state index is 8.40. The van der Waals surface area contributed by atoms with E-state index in [9.17, 15) is 0 Å². The molecule has 0 aliphatic carbocycles. The first kappa shape index (κ1) is 15.4. The van der Waals surface area contributed by atoms with Crippen molar-refractivity contribution in [3.8, 4) is 0 Å². The first-order valence-electron chi connectivity index (χ1n) is 5.14. The Morgan fingerprint density at radius 2 is 1.69 bits per heavy atom. The van der Waals surface area contributed by atoms with Crippen LogP contribution in [-0.4, -0.2) is 18.3 Å². The molecule has 0 aliphatic heterocycles. The van der Waals surface area contributed by atoms with Crippen LogP contribution in [-0.2, 0) is 0 Å². The van der Waals surface area contributed by atoms with Crippen molar-refractivity contribution in [3.63, 3.8) is 0 Å². The van der Waals surface area contributed by atoms with Crippen LogP contribution in [0.5, 0.6) is 0 Å². The van der Waals surface area contributed by atoms with E-state index in [1.54, 1.807) is 0 Å². The minimum absolute atomic E-state index is 0.300. The van der Waals surface area contributed by atoms with E-state index in [4.69, 9.17) is 10.8 Å². The molecule has 0 atom stereocenters. The number of aliphatic hydroxyl groups is 1. The molecular formula is C11H27NO. The zero-order valence-corrected chi connectivity index (χ0v) is 9.93. The predicted molar refractivity (Wildman–Crippen MR) is 59.7 cm³/mol. The fraction of sp³-hybridized carbons (Fsp3) is 1.00. The summed E-state index contributed by atoms with van der Waals surface area (Å²) < 4.78 is 0. The third-order valence-corrected chi connectivity index (χ3v) is 1.61. The van der Waals surface area contributed by atoms with E-state index in [-0.39, 0.29) is 0 Å². The highest BCUT2D eigenvalue weighted by atomic mass is 16.3. The maximum Gasteiger partial charge on any atom is 0.0436 e. The van der Waals surface area contributed by atoms with Crippen LogP contribution < -0.4 is 5.73 Å². The normalized spacial score (nSPS) is 11.1. The van der Waals surface area contributed by atoms with Crippen molar-refractivity contribution in [2.75, 3.05) is 13.2 Å². The van der Waals surface area contributed by atoms with Gasteiger partial charge in [0.05, 0.1) is 0 Å². The fourth-order valence-electron chi connectivity index (χ4n) is 0.669. The van der Waals surface area contributed by atoms with E-state index >= 15 is 0 Å². The Morgan fingerprint density at radius 1 is 1.23 bits per heavy atom. The summed E-state index contributed by atoms with van der Waals surface area (Å²) in [6.07, 6.45) is 2.05. The molecule has 0 aromatic carbocycles. The van der Waals surface area contributed by atoms with E-state index < -0.39 is 0 Å². The molecule has 0 saturated carbocycles. The highest BCUT2D eigenvalue weighted by Gasteiger charge is 2.06. The van der Waals surface area contributed by atoms with E-state index in [0.717, 1.165) is 25.3 Å². The van der Waals surface area contributed by atoms with Crippen molar-refractivity contribution in [1.82, 2.24) is 0 Å². The van der Waals surface area contributed by atoms with Crippen molar-refractivity contribution in [3.05, 3.63) is 0 Å². The van der Waals surface area contributed by atoms with E-state index in [1.165, 1.54) is 0 Å². The van der Waals surface area contributed by atoms with Crippen molar-refractivity contribution in [2.24, 2.45) is 17.1 Å². The molecule has 0 fully saturated rings. The SMILES string of the molecule is CC(C)(C)CCO.CC(C)CCN. The van der Waals surface area contributed by atoms with E-state index in [1.807, 2.05) is 0 Å². The van der Waals surface area contributed by atoms with Gasteiger partial charge < -0.3 is 10.8 Å². The summed E-state index contributed by atoms with van der Waals surface area (Å²) in [4.78, 5) is 0. The summed E-state index contributed by atoms with van der Waals surface area (Å²) in [6.45, 7) is 11.8. The standard InChI is InChI=1S/C6H14O.C5H13N/c1-6(2,3)4-5-7;1-5(2)3-4-6/h7H,4-5H2,1-3H3;5H,3-4,6H2,1-2H3. The Labute approximate surface area is 83.5 Å². The van der Waals surface area contributed by atoms with Gasteiger partial charge in [-0.25, -0.2) is 0 Å². The molecule has 82 valence electrons. The summed E-state index contributed by atoms with van der Waals surface area (Å²) >= 11 is 0. The minimum atomic E-state index is 0.300. The number of nitrogens with two attached hydrogens (primary N) is 1. The zero-order chi connectivity index (χ0) is 10.9. The average Bonchev–Trinajstić information content (AvgIpc) is 1.84.